The molecule has 0 aromatic heterocycles. The molecular formula is C24H27ClN2O6. The number of carbonyl (C=O) groups is 4. The Labute approximate surface area is 197 Å². The van der Waals surface area contributed by atoms with Crippen LogP contribution in [0.3, 0.4) is 0 Å². The molecule has 2 aromatic carbocycles. The third-order valence-corrected chi connectivity index (χ3v) is 4.87. The molecular weight excluding hydrogens is 448 g/mol. The molecule has 9 heteroatoms. The summed E-state index contributed by atoms with van der Waals surface area (Å²) in [4.78, 5) is 48.5. The fourth-order valence-electron chi connectivity index (χ4n) is 2.89. The Morgan fingerprint density at radius 3 is 2.12 bits per heavy atom. The molecule has 0 radical (unpaired) electrons. The molecule has 0 saturated carbocycles. The fraction of sp³-hybridized carbons (Fsp3) is 0.333. The smallest absolute Gasteiger partial charge is 0.337 e. The lowest BCUT2D eigenvalue weighted by Gasteiger charge is -2.19. The van der Waals surface area contributed by atoms with Crippen LogP contribution in [0.4, 0.5) is 0 Å². The topological polar surface area (TPSA) is 111 Å². The quantitative estimate of drug-likeness (QED) is 0.512. The van der Waals surface area contributed by atoms with Crippen LogP contribution in [0.2, 0.25) is 5.02 Å². The number of hydrogen-bond acceptors (Lipinski definition) is 6. The summed E-state index contributed by atoms with van der Waals surface area (Å²) in [7, 11) is 1.30. The van der Waals surface area contributed by atoms with Gasteiger partial charge in [0.1, 0.15) is 6.04 Å². The highest BCUT2D eigenvalue weighted by Gasteiger charge is 2.24. The molecule has 2 amide bonds. The van der Waals surface area contributed by atoms with Gasteiger partial charge < -0.3 is 20.1 Å². The van der Waals surface area contributed by atoms with Crippen LogP contribution in [0.5, 0.6) is 0 Å². The molecule has 0 fully saturated rings. The van der Waals surface area contributed by atoms with Crippen LogP contribution in [-0.4, -0.2) is 43.5 Å². The zero-order valence-electron chi connectivity index (χ0n) is 18.7. The first-order valence-electron chi connectivity index (χ1n) is 10.4. The Balaban J connectivity index is 1.86. The zero-order valence-corrected chi connectivity index (χ0v) is 19.5. The number of hydrogen-bond donors (Lipinski definition) is 2. The second kappa shape index (κ2) is 12.6. The molecule has 0 unspecified atom stereocenters. The van der Waals surface area contributed by atoms with E-state index in [1.807, 2.05) is 13.8 Å². The van der Waals surface area contributed by atoms with Gasteiger partial charge in [-0.05, 0) is 54.3 Å². The van der Waals surface area contributed by atoms with Crippen molar-refractivity contribution in [1.82, 2.24) is 10.6 Å². The lowest BCUT2D eigenvalue weighted by atomic mass is 10.0. The van der Waals surface area contributed by atoms with Crippen LogP contribution in [-0.2, 0) is 25.6 Å². The Hall–Kier alpha value is -3.39. The van der Waals surface area contributed by atoms with Crippen molar-refractivity contribution in [2.75, 3.05) is 13.7 Å². The molecule has 0 aliphatic carbocycles. The van der Waals surface area contributed by atoms with Gasteiger partial charge in [-0.2, -0.15) is 0 Å². The van der Waals surface area contributed by atoms with E-state index >= 15 is 0 Å². The van der Waals surface area contributed by atoms with Gasteiger partial charge in [0.15, 0.2) is 6.61 Å². The van der Waals surface area contributed by atoms with E-state index in [0.29, 0.717) is 22.6 Å². The molecule has 2 rings (SSSR count). The van der Waals surface area contributed by atoms with Gasteiger partial charge in [-0.1, -0.05) is 37.6 Å². The first kappa shape index (κ1) is 25.9. The molecule has 2 N–H and O–H groups in total. The summed E-state index contributed by atoms with van der Waals surface area (Å²) >= 11 is 5.84. The number of rotatable bonds is 10. The van der Waals surface area contributed by atoms with Crippen molar-refractivity contribution in [2.45, 2.75) is 32.9 Å². The molecule has 1 atom stereocenters. The highest BCUT2D eigenvalue weighted by atomic mass is 35.5. The minimum absolute atomic E-state index is 0.106. The number of nitrogens with one attached hydrogen (secondary N) is 2. The van der Waals surface area contributed by atoms with E-state index in [1.165, 1.54) is 7.11 Å². The highest BCUT2D eigenvalue weighted by molar-refractivity contribution is 6.30. The monoisotopic (exact) mass is 474 g/mol. The van der Waals surface area contributed by atoms with E-state index in [-0.39, 0.29) is 12.5 Å². The van der Waals surface area contributed by atoms with E-state index in [1.54, 1.807) is 48.5 Å². The van der Waals surface area contributed by atoms with Gasteiger partial charge in [0.2, 0.25) is 0 Å². The van der Waals surface area contributed by atoms with Gasteiger partial charge in [-0.25, -0.2) is 9.59 Å². The molecule has 0 bridgehead atoms. The molecule has 0 aliphatic heterocycles. The third-order valence-electron chi connectivity index (χ3n) is 4.61. The minimum atomic E-state index is -0.896. The summed E-state index contributed by atoms with van der Waals surface area (Å²) in [6.45, 7) is 3.53. The average Bonchev–Trinajstić information content (AvgIpc) is 2.80. The number of ether oxygens (including phenoxy) is 2. The van der Waals surface area contributed by atoms with Crippen molar-refractivity contribution in [3.05, 3.63) is 70.2 Å². The van der Waals surface area contributed by atoms with Crippen LogP contribution in [0, 0.1) is 5.92 Å². The van der Waals surface area contributed by atoms with Crippen LogP contribution in [0.1, 0.15) is 46.5 Å². The van der Waals surface area contributed by atoms with E-state index in [9.17, 15) is 19.2 Å². The molecule has 8 nitrogen and oxygen atoms in total. The van der Waals surface area contributed by atoms with Crippen molar-refractivity contribution in [2.24, 2.45) is 5.92 Å². The van der Waals surface area contributed by atoms with Gasteiger partial charge >= 0.3 is 11.9 Å². The second-order valence-corrected chi connectivity index (χ2v) is 8.17. The number of halogens is 1. The molecule has 176 valence electrons. The Kier molecular flexibility index (Phi) is 9.87. The van der Waals surface area contributed by atoms with E-state index in [2.05, 4.69) is 15.4 Å². The van der Waals surface area contributed by atoms with Gasteiger partial charge in [0.05, 0.1) is 12.7 Å². The maximum Gasteiger partial charge on any atom is 0.337 e. The maximum absolute atomic E-state index is 12.5. The molecule has 0 aliphatic rings. The first-order valence-corrected chi connectivity index (χ1v) is 10.7. The summed E-state index contributed by atoms with van der Waals surface area (Å²) in [6, 6.07) is 11.9. The van der Waals surface area contributed by atoms with Crippen molar-refractivity contribution in [3.8, 4) is 0 Å². The molecule has 0 saturated heterocycles. The fourth-order valence-corrected chi connectivity index (χ4v) is 3.02. The summed E-state index contributed by atoms with van der Waals surface area (Å²) in [5, 5.41) is 5.79. The Morgan fingerprint density at radius 2 is 1.55 bits per heavy atom. The van der Waals surface area contributed by atoms with Crippen LogP contribution < -0.4 is 10.6 Å². The molecule has 2 aromatic rings. The lowest BCUT2D eigenvalue weighted by Crippen LogP contribution is -2.43. The summed E-state index contributed by atoms with van der Waals surface area (Å²) < 4.78 is 9.77. The van der Waals surface area contributed by atoms with E-state index < -0.39 is 36.4 Å². The van der Waals surface area contributed by atoms with E-state index in [0.717, 1.165) is 5.56 Å². The molecule has 0 heterocycles. The van der Waals surface area contributed by atoms with E-state index in [4.69, 9.17) is 16.3 Å². The van der Waals surface area contributed by atoms with Gasteiger partial charge in [-0.15, -0.1) is 0 Å². The van der Waals surface area contributed by atoms with Gasteiger partial charge in [-0.3, -0.25) is 9.59 Å². The SMILES string of the molecule is COC(=O)c1ccc(CNC(=O)COC(=O)[C@H](CC(C)C)NC(=O)c2ccc(Cl)cc2)cc1. The predicted molar refractivity (Wildman–Crippen MR) is 123 cm³/mol. The van der Waals surface area contributed by atoms with Crippen LogP contribution in [0.25, 0.3) is 0 Å². The Morgan fingerprint density at radius 1 is 0.939 bits per heavy atom. The first-order chi connectivity index (χ1) is 15.7. The summed E-state index contributed by atoms with van der Waals surface area (Å²) in [5.41, 5.74) is 1.52. The van der Waals surface area contributed by atoms with Crippen molar-refractivity contribution < 1.29 is 28.7 Å². The largest absolute Gasteiger partial charge is 0.465 e. The summed E-state index contributed by atoms with van der Waals surface area (Å²) in [5.74, 6) is -1.96. The number of amides is 2. The van der Waals surface area contributed by atoms with Crippen LogP contribution >= 0.6 is 11.6 Å². The van der Waals surface area contributed by atoms with Gasteiger partial charge in [0, 0.05) is 17.1 Å². The molecule has 33 heavy (non-hydrogen) atoms. The minimum Gasteiger partial charge on any atom is -0.465 e. The van der Waals surface area contributed by atoms with Crippen molar-refractivity contribution >= 4 is 35.4 Å². The third kappa shape index (κ3) is 8.57. The number of methoxy groups -OCH3 is 1. The zero-order chi connectivity index (χ0) is 24.4. The standard InChI is InChI=1S/C24H27ClN2O6/c1-15(2)12-20(27-22(29)17-8-10-19(25)11-9-17)24(31)33-14-21(28)26-13-16-4-6-18(7-5-16)23(30)32-3/h4-11,15,20H,12-14H2,1-3H3,(H,26,28)(H,27,29)/t20-/m0/s1. The normalized spacial score (nSPS) is 11.4. The van der Waals surface area contributed by atoms with Gasteiger partial charge in [0.25, 0.3) is 11.8 Å². The maximum atomic E-state index is 12.5. The second-order valence-electron chi connectivity index (χ2n) is 7.74. The number of esters is 2. The van der Waals surface area contributed by atoms with Crippen molar-refractivity contribution in [3.63, 3.8) is 0 Å². The Bertz CT molecular complexity index is 973. The summed E-state index contributed by atoms with van der Waals surface area (Å²) in [6.07, 6.45) is 0.353. The average molecular weight is 475 g/mol. The molecule has 0 spiro atoms. The number of benzene rings is 2. The van der Waals surface area contributed by atoms with Crippen LogP contribution in [0.15, 0.2) is 48.5 Å². The predicted octanol–water partition coefficient (Wildman–Crippen LogP) is 3.13. The lowest BCUT2D eigenvalue weighted by molar-refractivity contribution is -0.150. The van der Waals surface area contributed by atoms with Crippen molar-refractivity contribution in [1.29, 1.82) is 0 Å². The number of carbonyl (C=O) groups excluding carboxylic acids is 4. The highest BCUT2D eigenvalue weighted by Crippen LogP contribution is 2.12.